The van der Waals surface area contributed by atoms with Crippen molar-refractivity contribution in [3.05, 3.63) is 24.3 Å². The minimum atomic E-state index is -0.243. The van der Waals surface area contributed by atoms with Crippen LogP contribution in [0.5, 0.6) is 5.75 Å². The van der Waals surface area contributed by atoms with E-state index in [4.69, 9.17) is 32.2 Å². The van der Waals surface area contributed by atoms with Gasteiger partial charge in [-0.1, -0.05) is 18.3 Å². The molecule has 0 radical (unpaired) electrons. The molecule has 3 N–H and O–H groups in total. The lowest BCUT2D eigenvalue weighted by Gasteiger charge is -2.09. The van der Waals surface area contributed by atoms with Gasteiger partial charge in [-0.2, -0.15) is 0 Å². The summed E-state index contributed by atoms with van der Waals surface area (Å²) >= 11 is 4.72. The van der Waals surface area contributed by atoms with Crippen molar-refractivity contribution in [1.29, 1.82) is 0 Å². The first-order valence-electron chi connectivity index (χ1n) is 5.99. The number of hydrogen-bond donors (Lipinski definition) is 2. The average molecular weight is 298 g/mol. The summed E-state index contributed by atoms with van der Waals surface area (Å²) in [6.07, 6.45) is 0. The van der Waals surface area contributed by atoms with Crippen molar-refractivity contribution >= 4 is 28.8 Å². The summed E-state index contributed by atoms with van der Waals surface area (Å²) in [4.78, 5) is 11.9. The van der Waals surface area contributed by atoms with E-state index in [9.17, 15) is 4.79 Å². The molecule has 0 aliphatic carbocycles. The van der Waals surface area contributed by atoms with E-state index in [0.29, 0.717) is 24.7 Å². The number of thiocarbonyl (C=S) groups is 1. The highest BCUT2D eigenvalue weighted by molar-refractivity contribution is 7.80. The first-order valence-corrected chi connectivity index (χ1v) is 6.40. The smallest absolute Gasteiger partial charge is 0.250 e. The Labute approximate surface area is 123 Å². The fraction of sp³-hybridized carbons (Fsp3) is 0.385. The zero-order valence-electron chi connectivity index (χ0n) is 11.3. The summed E-state index contributed by atoms with van der Waals surface area (Å²) in [6, 6.07) is 6.95. The predicted molar refractivity (Wildman–Crippen MR) is 80.0 cm³/mol. The van der Waals surface area contributed by atoms with Crippen molar-refractivity contribution in [2.24, 2.45) is 5.73 Å². The molecule has 1 aromatic carbocycles. The molecule has 0 aliphatic heterocycles. The van der Waals surface area contributed by atoms with Crippen molar-refractivity contribution in [2.75, 3.05) is 38.9 Å². The fourth-order valence-electron chi connectivity index (χ4n) is 1.32. The molecule has 0 aliphatic rings. The van der Waals surface area contributed by atoms with Crippen LogP contribution in [0.15, 0.2) is 24.3 Å². The van der Waals surface area contributed by atoms with Crippen LogP contribution in [0.25, 0.3) is 0 Å². The molecule has 0 bridgehead atoms. The number of nitrogens with two attached hydrogens (primary N) is 1. The molecule has 0 saturated carbocycles. The number of methoxy groups -OCH3 is 1. The van der Waals surface area contributed by atoms with Crippen molar-refractivity contribution in [3.63, 3.8) is 0 Å². The average Bonchev–Trinajstić information content (AvgIpc) is 2.42. The highest BCUT2D eigenvalue weighted by Crippen LogP contribution is 2.17. The molecule has 0 saturated heterocycles. The fourth-order valence-corrected chi connectivity index (χ4v) is 1.38. The predicted octanol–water partition coefficient (Wildman–Crippen LogP) is 0.953. The number of carbonyl (C=O) groups excluding carboxylic acids is 1. The third kappa shape index (κ3) is 7.03. The molecule has 0 atom stereocenters. The van der Waals surface area contributed by atoms with E-state index in [-0.39, 0.29) is 24.1 Å². The van der Waals surface area contributed by atoms with Gasteiger partial charge in [0.2, 0.25) is 5.91 Å². The molecule has 0 aromatic heterocycles. The quantitative estimate of drug-likeness (QED) is 0.522. The number of amides is 1. The van der Waals surface area contributed by atoms with E-state index >= 15 is 0 Å². The highest BCUT2D eigenvalue weighted by Gasteiger charge is 2.04. The number of anilines is 1. The number of nitrogens with one attached hydrogen (secondary N) is 1. The first kappa shape index (κ1) is 16.4. The van der Waals surface area contributed by atoms with Gasteiger partial charge in [0.1, 0.15) is 24.0 Å². The van der Waals surface area contributed by atoms with Crippen LogP contribution in [0, 0.1) is 0 Å². The molecule has 20 heavy (non-hydrogen) atoms. The summed E-state index contributed by atoms with van der Waals surface area (Å²) in [6.45, 7) is 0.963. The van der Waals surface area contributed by atoms with Gasteiger partial charge in [0.15, 0.2) is 0 Å². The van der Waals surface area contributed by atoms with Crippen LogP contribution >= 0.6 is 12.2 Å². The van der Waals surface area contributed by atoms with Gasteiger partial charge < -0.3 is 25.3 Å². The number of rotatable bonds is 9. The first-order chi connectivity index (χ1) is 9.61. The molecule has 0 heterocycles. The SMILES string of the molecule is COCCOCC(=O)Nc1cccc(OCC(N)=S)c1. The molecule has 0 fully saturated rings. The minimum absolute atomic E-state index is 0.0265. The summed E-state index contributed by atoms with van der Waals surface area (Å²) < 4.78 is 15.3. The molecule has 1 rings (SSSR count). The number of hydrogen-bond acceptors (Lipinski definition) is 5. The van der Waals surface area contributed by atoms with E-state index in [2.05, 4.69) is 5.32 Å². The molecule has 7 heteroatoms. The van der Waals surface area contributed by atoms with E-state index in [1.165, 1.54) is 0 Å². The second kappa shape index (κ2) is 9.24. The van der Waals surface area contributed by atoms with Gasteiger partial charge in [0, 0.05) is 18.9 Å². The van der Waals surface area contributed by atoms with Crippen LogP contribution in [0.2, 0.25) is 0 Å². The number of benzene rings is 1. The molecule has 0 unspecified atom stereocenters. The summed E-state index contributed by atoms with van der Waals surface area (Å²) in [5.41, 5.74) is 5.96. The van der Waals surface area contributed by atoms with E-state index in [1.54, 1.807) is 31.4 Å². The topological polar surface area (TPSA) is 82.8 Å². The second-order valence-corrected chi connectivity index (χ2v) is 4.40. The molecule has 1 aromatic rings. The molecule has 110 valence electrons. The van der Waals surface area contributed by atoms with Crippen molar-refractivity contribution in [1.82, 2.24) is 0 Å². The number of ether oxygens (including phenoxy) is 3. The van der Waals surface area contributed by atoms with Gasteiger partial charge in [-0.15, -0.1) is 0 Å². The Bertz CT molecular complexity index is 454. The maximum absolute atomic E-state index is 11.6. The Morgan fingerprint density at radius 1 is 1.35 bits per heavy atom. The van der Waals surface area contributed by atoms with Crippen LogP contribution < -0.4 is 15.8 Å². The van der Waals surface area contributed by atoms with E-state index < -0.39 is 0 Å². The maximum Gasteiger partial charge on any atom is 0.250 e. The van der Waals surface area contributed by atoms with Gasteiger partial charge in [-0.25, -0.2) is 0 Å². The van der Waals surface area contributed by atoms with Gasteiger partial charge in [0.25, 0.3) is 0 Å². The molecule has 0 spiro atoms. The van der Waals surface area contributed by atoms with Crippen LogP contribution in [0.1, 0.15) is 0 Å². The van der Waals surface area contributed by atoms with Crippen LogP contribution in [0.3, 0.4) is 0 Å². The standard InChI is InChI=1S/C13H18N2O4S/c1-17-5-6-18-9-13(16)15-10-3-2-4-11(7-10)19-8-12(14)20/h2-4,7H,5-6,8-9H2,1H3,(H2,14,20)(H,15,16). The monoisotopic (exact) mass is 298 g/mol. The third-order valence-electron chi connectivity index (χ3n) is 2.16. The Balaban J connectivity index is 2.40. The lowest BCUT2D eigenvalue weighted by molar-refractivity contribution is -0.121. The van der Waals surface area contributed by atoms with Gasteiger partial charge in [-0.05, 0) is 12.1 Å². The van der Waals surface area contributed by atoms with E-state index in [1.807, 2.05) is 0 Å². The van der Waals surface area contributed by atoms with Gasteiger partial charge >= 0.3 is 0 Å². The Morgan fingerprint density at radius 3 is 2.85 bits per heavy atom. The summed E-state index contributed by atoms with van der Waals surface area (Å²) in [7, 11) is 1.57. The Hall–Kier alpha value is -1.70. The van der Waals surface area contributed by atoms with Crippen molar-refractivity contribution in [2.45, 2.75) is 0 Å². The summed E-state index contributed by atoms with van der Waals surface area (Å²) in [5.74, 6) is 0.337. The van der Waals surface area contributed by atoms with Crippen LogP contribution in [0.4, 0.5) is 5.69 Å². The van der Waals surface area contributed by atoms with Gasteiger partial charge in [-0.3, -0.25) is 4.79 Å². The lowest BCUT2D eigenvalue weighted by atomic mass is 10.3. The highest BCUT2D eigenvalue weighted by atomic mass is 32.1. The zero-order chi connectivity index (χ0) is 14.8. The lowest BCUT2D eigenvalue weighted by Crippen LogP contribution is -2.20. The molecular formula is C13H18N2O4S. The van der Waals surface area contributed by atoms with Crippen LogP contribution in [-0.4, -0.2) is 44.4 Å². The largest absolute Gasteiger partial charge is 0.486 e. The number of carbonyl (C=O) groups is 1. The molecular weight excluding hydrogens is 280 g/mol. The van der Waals surface area contributed by atoms with E-state index in [0.717, 1.165) is 0 Å². The summed E-state index contributed by atoms with van der Waals surface area (Å²) in [5, 5.41) is 2.70. The second-order valence-electron chi connectivity index (χ2n) is 3.88. The Morgan fingerprint density at radius 2 is 2.15 bits per heavy atom. The third-order valence-corrected chi connectivity index (χ3v) is 2.28. The van der Waals surface area contributed by atoms with Gasteiger partial charge in [0.05, 0.1) is 13.2 Å². The normalized spacial score (nSPS) is 10.1. The zero-order valence-corrected chi connectivity index (χ0v) is 12.1. The van der Waals surface area contributed by atoms with Crippen molar-refractivity contribution < 1.29 is 19.0 Å². The van der Waals surface area contributed by atoms with Crippen molar-refractivity contribution in [3.8, 4) is 5.75 Å². The van der Waals surface area contributed by atoms with Crippen LogP contribution in [-0.2, 0) is 14.3 Å². The maximum atomic E-state index is 11.6. The molecule has 1 amide bonds. The molecule has 6 nitrogen and oxygen atoms in total. The minimum Gasteiger partial charge on any atom is -0.486 e. The Kier molecular flexibility index (Phi) is 7.56.